The number of fused-ring (bicyclic) bond motifs is 2. The number of hydrogen-bond donors (Lipinski definition) is 0. The van der Waals surface area contributed by atoms with Crippen molar-refractivity contribution in [1.29, 1.82) is 0 Å². The van der Waals surface area contributed by atoms with E-state index in [0.29, 0.717) is 44.6 Å². The molecule has 0 spiro atoms. The van der Waals surface area contributed by atoms with E-state index >= 15 is 0 Å². The first-order chi connectivity index (χ1) is 15.9. The third-order valence-corrected chi connectivity index (χ3v) is 6.45. The van der Waals surface area contributed by atoms with Crippen molar-refractivity contribution < 1.29 is 13.9 Å². The molecule has 5 nitrogen and oxygen atoms in total. The Kier molecular flexibility index (Phi) is 5.39. The van der Waals surface area contributed by atoms with Gasteiger partial charge in [-0.3, -0.25) is 14.5 Å². The van der Waals surface area contributed by atoms with Gasteiger partial charge in [0.1, 0.15) is 11.3 Å². The van der Waals surface area contributed by atoms with Gasteiger partial charge in [0.05, 0.1) is 33.6 Å². The summed E-state index contributed by atoms with van der Waals surface area (Å²) in [6.07, 6.45) is 0. The van der Waals surface area contributed by atoms with E-state index in [2.05, 4.69) is 0 Å². The van der Waals surface area contributed by atoms with Crippen LogP contribution in [0.4, 0.5) is 5.69 Å². The molecule has 1 aromatic heterocycles. The minimum absolute atomic E-state index is 0.0290. The average Bonchev–Trinajstić information content (AvgIpc) is 3.09. The second-order valence-corrected chi connectivity index (χ2v) is 8.67. The predicted molar refractivity (Wildman–Crippen MR) is 130 cm³/mol. The van der Waals surface area contributed by atoms with Crippen LogP contribution in [0.5, 0.6) is 5.75 Å². The zero-order valence-electron chi connectivity index (χ0n) is 17.9. The standard InChI is InChI=1S/C26H19Cl2NO4/c1-3-32-17-8-6-16(7-9-17)29-23(15-5-10-19(27)20(28)13-15)22-24(30)18-12-14(2)4-11-21(18)33-25(22)26(29)31/h4-13,23H,3H2,1-2H3. The number of carbonyl (C=O) groups excluding carboxylic acids is 1. The largest absolute Gasteiger partial charge is 0.494 e. The number of nitrogens with zero attached hydrogens (tertiary/aromatic N) is 1. The van der Waals surface area contributed by atoms with Gasteiger partial charge in [0, 0.05) is 5.69 Å². The van der Waals surface area contributed by atoms with Crippen molar-refractivity contribution in [3.8, 4) is 5.75 Å². The molecule has 0 fully saturated rings. The highest BCUT2D eigenvalue weighted by Crippen LogP contribution is 2.42. The maximum atomic E-state index is 13.7. The van der Waals surface area contributed by atoms with E-state index in [1.54, 1.807) is 59.5 Å². The zero-order chi connectivity index (χ0) is 23.3. The summed E-state index contributed by atoms with van der Waals surface area (Å²) in [6.45, 7) is 4.34. The Hall–Kier alpha value is -3.28. The molecule has 0 aliphatic carbocycles. The Morgan fingerprint density at radius 3 is 2.42 bits per heavy atom. The lowest BCUT2D eigenvalue weighted by atomic mass is 9.98. The van der Waals surface area contributed by atoms with Crippen molar-refractivity contribution in [1.82, 2.24) is 0 Å². The van der Waals surface area contributed by atoms with Crippen molar-refractivity contribution >= 4 is 45.8 Å². The van der Waals surface area contributed by atoms with Crippen molar-refractivity contribution in [2.75, 3.05) is 11.5 Å². The minimum Gasteiger partial charge on any atom is -0.494 e. The highest BCUT2D eigenvalue weighted by atomic mass is 35.5. The van der Waals surface area contributed by atoms with Gasteiger partial charge in [0.25, 0.3) is 5.91 Å². The highest BCUT2D eigenvalue weighted by Gasteiger charge is 2.43. The number of carbonyl (C=O) groups is 1. The molecular weight excluding hydrogens is 461 g/mol. The lowest BCUT2D eigenvalue weighted by Crippen LogP contribution is -2.29. The fourth-order valence-corrected chi connectivity index (χ4v) is 4.53. The Labute approximate surface area is 200 Å². The summed E-state index contributed by atoms with van der Waals surface area (Å²) in [5, 5.41) is 1.15. The van der Waals surface area contributed by atoms with Crippen LogP contribution < -0.4 is 15.1 Å². The normalized spacial score (nSPS) is 15.2. The third kappa shape index (κ3) is 3.58. The molecule has 5 rings (SSSR count). The Morgan fingerprint density at radius 2 is 1.73 bits per heavy atom. The monoisotopic (exact) mass is 479 g/mol. The molecule has 3 aromatic carbocycles. The van der Waals surface area contributed by atoms with Crippen LogP contribution in [0.25, 0.3) is 11.0 Å². The van der Waals surface area contributed by atoms with E-state index in [0.717, 1.165) is 5.56 Å². The number of aryl methyl sites for hydroxylation is 1. The summed E-state index contributed by atoms with van der Waals surface area (Å²) >= 11 is 12.4. The van der Waals surface area contributed by atoms with Gasteiger partial charge in [0.15, 0.2) is 5.43 Å². The summed E-state index contributed by atoms with van der Waals surface area (Å²) in [5.74, 6) is 0.318. The van der Waals surface area contributed by atoms with Crippen LogP contribution in [-0.2, 0) is 0 Å². The fourth-order valence-electron chi connectivity index (χ4n) is 4.22. The number of hydrogen-bond acceptors (Lipinski definition) is 4. The molecule has 2 heterocycles. The van der Waals surface area contributed by atoms with Crippen molar-refractivity contribution in [2.24, 2.45) is 0 Å². The maximum Gasteiger partial charge on any atom is 0.295 e. The van der Waals surface area contributed by atoms with Crippen molar-refractivity contribution in [3.05, 3.63) is 103 Å². The maximum absolute atomic E-state index is 13.7. The molecule has 4 aromatic rings. The number of halogens is 2. The van der Waals surface area contributed by atoms with Gasteiger partial charge < -0.3 is 9.15 Å². The van der Waals surface area contributed by atoms with Gasteiger partial charge in [-0.2, -0.15) is 0 Å². The van der Waals surface area contributed by atoms with Gasteiger partial charge in [-0.05, 0) is 67.9 Å². The molecule has 0 saturated carbocycles. The second-order valence-electron chi connectivity index (χ2n) is 7.85. The minimum atomic E-state index is -0.721. The van der Waals surface area contributed by atoms with Crippen LogP contribution in [0.1, 0.15) is 40.2 Å². The highest BCUT2D eigenvalue weighted by molar-refractivity contribution is 6.42. The predicted octanol–water partition coefficient (Wildman–Crippen LogP) is 6.56. The molecule has 0 N–H and O–H groups in total. The molecule has 1 atom stereocenters. The number of ether oxygens (including phenoxy) is 1. The molecule has 0 bridgehead atoms. The van der Waals surface area contributed by atoms with E-state index < -0.39 is 11.9 Å². The van der Waals surface area contributed by atoms with Crippen LogP contribution in [0.2, 0.25) is 10.0 Å². The molecule has 0 saturated heterocycles. The van der Waals surface area contributed by atoms with Crippen molar-refractivity contribution in [3.63, 3.8) is 0 Å². The summed E-state index contributed by atoms with van der Waals surface area (Å²) in [6, 6.07) is 16.9. The molecule has 0 radical (unpaired) electrons. The van der Waals surface area contributed by atoms with E-state index in [1.807, 2.05) is 19.9 Å². The fraction of sp³-hybridized carbons (Fsp3) is 0.154. The lowest BCUT2D eigenvalue weighted by Gasteiger charge is -2.25. The number of rotatable bonds is 4. The van der Waals surface area contributed by atoms with E-state index in [4.69, 9.17) is 32.4 Å². The quantitative estimate of drug-likeness (QED) is 0.332. The number of amides is 1. The van der Waals surface area contributed by atoms with Crippen LogP contribution in [-0.4, -0.2) is 12.5 Å². The van der Waals surface area contributed by atoms with Crippen LogP contribution in [0.15, 0.2) is 69.9 Å². The molecule has 1 aliphatic heterocycles. The average molecular weight is 480 g/mol. The first-order valence-corrected chi connectivity index (χ1v) is 11.2. The smallest absolute Gasteiger partial charge is 0.295 e. The van der Waals surface area contributed by atoms with Gasteiger partial charge in [-0.15, -0.1) is 0 Å². The number of benzene rings is 3. The first-order valence-electron chi connectivity index (χ1n) is 10.5. The summed E-state index contributed by atoms with van der Waals surface area (Å²) in [4.78, 5) is 28.8. The third-order valence-electron chi connectivity index (χ3n) is 5.71. The Bertz CT molecular complexity index is 1460. The SMILES string of the molecule is CCOc1ccc(N2C(=O)c3oc4ccc(C)cc4c(=O)c3C2c2ccc(Cl)c(Cl)c2)cc1. The van der Waals surface area contributed by atoms with E-state index in [1.165, 1.54) is 0 Å². The molecule has 1 aliphatic rings. The van der Waals surface area contributed by atoms with Gasteiger partial charge in [0.2, 0.25) is 5.76 Å². The molecule has 33 heavy (non-hydrogen) atoms. The van der Waals surface area contributed by atoms with E-state index in [9.17, 15) is 9.59 Å². The Balaban J connectivity index is 1.76. The van der Waals surface area contributed by atoms with Gasteiger partial charge in [-0.25, -0.2) is 0 Å². The Morgan fingerprint density at radius 1 is 0.970 bits per heavy atom. The van der Waals surface area contributed by atoms with Crippen molar-refractivity contribution in [2.45, 2.75) is 19.9 Å². The van der Waals surface area contributed by atoms with Gasteiger partial charge >= 0.3 is 0 Å². The van der Waals surface area contributed by atoms with Crippen LogP contribution in [0, 0.1) is 6.92 Å². The summed E-state index contributed by atoms with van der Waals surface area (Å²) in [7, 11) is 0. The van der Waals surface area contributed by atoms with E-state index in [-0.39, 0.29) is 16.8 Å². The molecule has 166 valence electrons. The van der Waals surface area contributed by atoms with Crippen LogP contribution >= 0.6 is 23.2 Å². The first kappa shape index (κ1) is 21.6. The lowest BCUT2D eigenvalue weighted by molar-refractivity contribution is 0.0971. The molecule has 1 unspecified atom stereocenters. The number of anilines is 1. The molecular formula is C26H19Cl2NO4. The summed E-state index contributed by atoms with van der Waals surface area (Å²) in [5.41, 5.74) is 2.60. The summed E-state index contributed by atoms with van der Waals surface area (Å²) < 4.78 is 11.5. The molecule has 7 heteroatoms. The van der Waals surface area contributed by atoms with Gasteiger partial charge in [-0.1, -0.05) is 40.9 Å². The topological polar surface area (TPSA) is 59.8 Å². The zero-order valence-corrected chi connectivity index (χ0v) is 19.4. The van der Waals surface area contributed by atoms with Crippen LogP contribution in [0.3, 0.4) is 0 Å². The molecule has 1 amide bonds. The second kappa shape index (κ2) is 8.25.